The summed E-state index contributed by atoms with van der Waals surface area (Å²) in [6, 6.07) is 2.08. The molecule has 2 heterocycles. The molecule has 0 atom stereocenters. The second kappa shape index (κ2) is 5.40. The average Bonchev–Trinajstić information content (AvgIpc) is 2.74. The van der Waals surface area contributed by atoms with Crippen molar-refractivity contribution in [2.24, 2.45) is 7.05 Å². The molecule has 0 bridgehead atoms. The Hall–Kier alpha value is -1.55. The lowest BCUT2D eigenvalue weighted by Gasteiger charge is -2.19. The fourth-order valence-electron chi connectivity index (χ4n) is 2.00. The van der Waals surface area contributed by atoms with E-state index < -0.39 is 0 Å². The Morgan fingerprint density at radius 1 is 1.33 bits per heavy atom. The van der Waals surface area contributed by atoms with Gasteiger partial charge >= 0.3 is 0 Å². The third-order valence-electron chi connectivity index (χ3n) is 2.80. The lowest BCUT2D eigenvalue weighted by Crippen LogP contribution is -2.18. The number of nitrogens with zero attached hydrogens (tertiary/aromatic N) is 4. The molecule has 0 aliphatic rings. The largest absolute Gasteiger partial charge is 0.355 e. The maximum absolute atomic E-state index is 5.80. The monoisotopic (exact) mass is 264 g/mol. The standard InChI is InChI=1S/C13H17ClN4/c1-10-4-11(5-14)6-15-13(10)17(2)8-12-7-16-18(3)9-12/h4,6-7,9H,5,8H2,1-3H3. The van der Waals surface area contributed by atoms with Crippen LogP contribution >= 0.6 is 11.6 Å². The van der Waals surface area contributed by atoms with Gasteiger partial charge in [-0.3, -0.25) is 4.68 Å². The summed E-state index contributed by atoms with van der Waals surface area (Å²) in [5.74, 6) is 1.48. The number of hydrogen-bond donors (Lipinski definition) is 0. The molecule has 0 saturated carbocycles. The molecule has 0 N–H and O–H groups in total. The van der Waals surface area contributed by atoms with Gasteiger partial charge in [-0.1, -0.05) is 0 Å². The fourth-order valence-corrected chi connectivity index (χ4v) is 2.15. The van der Waals surface area contributed by atoms with E-state index in [4.69, 9.17) is 11.6 Å². The van der Waals surface area contributed by atoms with Crippen molar-refractivity contribution < 1.29 is 0 Å². The lowest BCUT2D eigenvalue weighted by molar-refractivity contribution is 0.766. The maximum atomic E-state index is 5.80. The molecule has 2 aromatic heterocycles. The highest BCUT2D eigenvalue weighted by molar-refractivity contribution is 6.17. The number of halogens is 1. The molecule has 0 spiro atoms. The first-order valence-corrected chi connectivity index (χ1v) is 6.33. The van der Waals surface area contributed by atoms with Gasteiger partial charge in [-0.2, -0.15) is 5.10 Å². The van der Waals surface area contributed by atoms with Crippen molar-refractivity contribution >= 4 is 17.4 Å². The van der Waals surface area contributed by atoms with Gasteiger partial charge in [0.25, 0.3) is 0 Å². The van der Waals surface area contributed by atoms with E-state index in [1.54, 1.807) is 4.68 Å². The predicted octanol–water partition coefficient (Wildman–Crippen LogP) is 2.50. The number of alkyl halides is 1. The topological polar surface area (TPSA) is 34.0 Å². The molecule has 5 heteroatoms. The Morgan fingerprint density at radius 2 is 2.11 bits per heavy atom. The van der Waals surface area contributed by atoms with E-state index in [-0.39, 0.29) is 0 Å². The molecule has 4 nitrogen and oxygen atoms in total. The van der Waals surface area contributed by atoms with Gasteiger partial charge < -0.3 is 4.90 Å². The van der Waals surface area contributed by atoms with Crippen molar-refractivity contribution in [2.45, 2.75) is 19.3 Å². The van der Waals surface area contributed by atoms with Crippen molar-refractivity contribution in [1.29, 1.82) is 0 Å². The summed E-state index contributed by atoms with van der Waals surface area (Å²) < 4.78 is 1.81. The van der Waals surface area contributed by atoms with Crippen molar-refractivity contribution in [1.82, 2.24) is 14.8 Å². The first-order valence-electron chi connectivity index (χ1n) is 5.80. The van der Waals surface area contributed by atoms with Crippen LogP contribution in [-0.2, 0) is 19.5 Å². The number of anilines is 1. The highest BCUT2D eigenvalue weighted by Gasteiger charge is 2.08. The number of hydrogen-bond acceptors (Lipinski definition) is 3. The predicted molar refractivity (Wildman–Crippen MR) is 73.8 cm³/mol. The van der Waals surface area contributed by atoms with Crippen LogP contribution in [0.15, 0.2) is 24.7 Å². The molecule has 0 saturated heterocycles. The van der Waals surface area contributed by atoms with Crippen molar-refractivity contribution in [2.75, 3.05) is 11.9 Å². The zero-order valence-corrected chi connectivity index (χ0v) is 11.6. The van der Waals surface area contributed by atoms with Gasteiger partial charge in [0, 0.05) is 44.5 Å². The minimum Gasteiger partial charge on any atom is -0.355 e. The molecular weight excluding hydrogens is 248 g/mol. The molecule has 96 valence electrons. The summed E-state index contributed by atoms with van der Waals surface area (Å²) in [7, 11) is 3.95. The van der Waals surface area contributed by atoms with E-state index in [2.05, 4.69) is 28.0 Å². The first-order chi connectivity index (χ1) is 8.60. The van der Waals surface area contributed by atoms with E-state index in [1.807, 2.05) is 32.7 Å². The summed E-state index contributed by atoms with van der Waals surface area (Å²) in [5.41, 5.74) is 3.36. The van der Waals surface area contributed by atoms with Crippen LogP contribution in [0.1, 0.15) is 16.7 Å². The smallest absolute Gasteiger partial charge is 0.131 e. The normalized spacial score (nSPS) is 10.7. The molecule has 0 aromatic carbocycles. The van der Waals surface area contributed by atoms with E-state index in [9.17, 15) is 0 Å². The van der Waals surface area contributed by atoms with Crippen molar-refractivity contribution in [3.05, 3.63) is 41.3 Å². The third kappa shape index (κ3) is 2.82. The maximum Gasteiger partial charge on any atom is 0.131 e. The summed E-state index contributed by atoms with van der Waals surface area (Å²) >= 11 is 5.80. The van der Waals surface area contributed by atoms with Crippen molar-refractivity contribution in [3.63, 3.8) is 0 Å². The zero-order valence-electron chi connectivity index (χ0n) is 10.9. The highest BCUT2D eigenvalue weighted by atomic mass is 35.5. The van der Waals surface area contributed by atoms with E-state index in [0.29, 0.717) is 5.88 Å². The number of rotatable bonds is 4. The van der Waals surface area contributed by atoms with Crippen LogP contribution in [0.3, 0.4) is 0 Å². The molecule has 0 unspecified atom stereocenters. The fraction of sp³-hybridized carbons (Fsp3) is 0.385. The third-order valence-corrected chi connectivity index (χ3v) is 3.11. The molecule has 2 aromatic rings. The number of aryl methyl sites for hydroxylation is 2. The Kier molecular flexibility index (Phi) is 3.87. The minimum absolute atomic E-state index is 0.500. The van der Waals surface area contributed by atoms with Crippen LogP contribution in [0.4, 0.5) is 5.82 Å². The second-order valence-electron chi connectivity index (χ2n) is 4.50. The molecule has 2 rings (SSSR count). The highest BCUT2D eigenvalue weighted by Crippen LogP contribution is 2.19. The molecular formula is C13H17ClN4. The molecule has 0 amide bonds. The quantitative estimate of drug-likeness (QED) is 0.796. The first kappa shape index (κ1) is 12.9. The van der Waals surface area contributed by atoms with E-state index in [1.165, 1.54) is 5.56 Å². The summed E-state index contributed by atoms with van der Waals surface area (Å²) in [4.78, 5) is 6.58. The Morgan fingerprint density at radius 3 is 2.67 bits per heavy atom. The molecule has 0 aliphatic carbocycles. The van der Waals surface area contributed by atoms with Gasteiger partial charge in [-0.05, 0) is 24.1 Å². The molecule has 0 aliphatic heterocycles. The van der Waals surface area contributed by atoms with Gasteiger partial charge in [0.05, 0.1) is 6.20 Å². The summed E-state index contributed by atoms with van der Waals surface area (Å²) in [6.45, 7) is 2.85. The second-order valence-corrected chi connectivity index (χ2v) is 4.76. The van der Waals surface area contributed by atoms with Crippen LogP contribution in [0, 0.1) is 6.92 Å². The van der Waals surface area contributed by atoms with Crippen molar-refractivity contribution in [3.8, 4) is 0 Å². The van der Waals surface area contributed by atoms with Gasteiger partial charge in [-0.25, -0.2) is 4.98 Å². The Labute approximate surface area is 112 Å². The van der Waals surface area contributed by atoms with E-state index in [0.717, 1.165) is 23.5 Å². The minimum atomic E-state index is 0.500. The van der Waals surface area contributed by atoms with Crippen LogP contribution in [0.5, 0.6) is 0 Å². The molecule has 18 heavy (non-hydrogen) atoms. The van der Waals surface area contributed by atoms with Gasteiger partial charge in [-0.15, -0.1) is 11.6 Å². The zero-order chi connectivity index (χ0) is 13.1. The summed E-state index contributed by atoms with van der Waals surface area (Å²) in [5, 5.41) is 4.17. The van der Waals surface area contributed by atoms with Crippen LogP contribution in [0.25, 0.3) is 0 Å². The van der Waals surface area contributed by atoms with Crippen LogP contribution in [0.2, 0.25) is 0 Å². The van der Waals surface area contributed by atoms with E-state index >= 15 is 0 Å². The average molecular weight is 265 g/mol. The Balaban J connectivity index is 2.15. The van der Waals surface area contributed by atoms with Crippen LogP contribution < -0.4 is 4.90 Å². The molecule has 0 fully saturated rings. The number of pyridine rings is 1. The number of aromatic nitrogens is 3. The Bertz CT molecular complexity index is 536. The summed E-state index contributed by atoms with van der Waals surface area (Å²) in [6.07, 6.45) is 5.72. The van der Waals surface area contributed by atoms with Gasteiger partial charge in [0.15, 0.2) is 0 Å². The van der Waals surface area contributed by atoms with Gasteiger partial charge in [0.1, 0.15) is 5.82 Å². The van der Waals surface area contributed by atoms with Crippen LogP contribution in [-0.4, -0.2) is 21.8 Å². The molecule has 0 radical (unpaired) electrons. The SMILES string of the molecule is Cc1cc(CCl)cnc1N(C)Cc1cnn(C)c1. The van der Waals surface area contributed by atoms with Gasteiger partial charge in [0.2, 0.25) is 0 Å². The lowest BCUT2D eigenvalue weighted by atomic mass is 10.2.